The lowest BCUT2D eigenvalue weighted by molar-refractivity contribution is -0.154. The number of benzene rings is 2. The maximum Gasteiger partial charge on any atom is 0.432 e. The summed E-state index contributed by atoms with van der Waals surface area (Å²) in [5.41, 5.74) is -1.12. The summed E-state index contributed by atoms with van der Waals surface area (Å²) in [5.74, 6) is -1.58. The van der Waals surface area contributed by atoms with E-state index in [1.165, 1.54) is 48.5 Å². The lowest BCUT2D eigenvalue weighted by Crippen LogP contribution is -2.31. The lowest BCUT2D eigenvalue weighted by Gasteiger charge is -2.16. The van der Waals surface area contributed by atoms with E-state index in [0.29, 0.717) is 14.6 Å². The van der Waals surface area contributed by atoms with Crippen LogP contribution in [0.3, 0.4) is 0 Å². The molecule has 34 heavy (non-hydrogen) atoms. The van der Waals surface area contributed by atoms with Gasteiger partial charge in [-0.25, -0.2) is 0 Å². The van der Waals surface area contributed by atoms with Gasteiger partial charge in [0.25, 0.3) is 5.91 Å². The Morgan fingerprint density at radius 2 is 1.62 bits per heavy atom. The molecule has 3 rings (SSSR count). The molecule has 176 valence electrons. The number of nitriles is 1. The first kappa shape index (κ1) is 25.6. The standard InChI is InChI=1S/C22H13BrCl2F3N3O3/c23-18-16(9-29)19(12-1-5-14(24)6-2-12)31(20(18)22(26,27)28)11-34-17(32)10-30-21(33)13-3-7-15(25)8-4-13/h1-8H,10-11H2,(H,30,33). The smallest absolute Gasteiger partial charge is 0.432 e. The van der Waals surface area contributed by atoms with Crippen molar-refractivity contribution in [2.45, 2.75) is 12.9 Å². The molecule has 0 saturated carbocycles. The molecule has 0 fully saturated rings. The quantitative estimate of drug-likeness (QED) is 0.363. The third-order valence-electron chi connectivity index (χ3n) is 4.56. The number of ether oxygens (including phenoxy) is 1. The Kier molecular flexibility index (Phi) is 7.92. The number of nitrogens with one attached hydrogen (secondary N) is 1. The van der Waals surface area contributed by atoms with Crippen molar-refractivity contribution < 1.29 is 27.5 Å². The molecule has 0 atom stereocenters. The molecule has 0 spiro atoms. The van der Waals surface area contributed by atoms with Gasteiger partial charge in [-0.05, 0) is 57.9 Å². The van der Waals surface area contributed by atoms with Crippen LogP contribution >= 0.6 is 39.1 Å². The first-order chi connectivity index (χ1) is 16.0. The fourth-order valence-electron chi connectivity index (χ4n) is 3.05. The number of alkyl halides is 3. The molecule has 1 N–H and O–H groups in total. The summed E-state index contributed by atoms with van der Waals surface area (Å²) in [6.45, 7) is -1.45. The van der Waals surface area contributed by atoms with E-state index in [4.69, 9.17) is 27.9 Å². The third kappa shape index (κ3) is 5.73. The molecule has 0 radical (unpaired) electrons. The van der Waals surface area contributed by atoms with Gasteiger partial charge in [-0.1, -0.05) is 35.3 Å². The summed E-state index contributed by atoms with van der Waals surface area (Å²) in [6.07, 6.45) is -4.87. The van der Waals surface area contributed by atoms with Crippen LogP contribution in [0.5, 0.6) is 0 Å². The molecule has 0 saturated heterocycles. The van der Waals surface area contributed by atoms with Gasteiger partial charge in [-0.15, -0.1) is 0 Å². The Morgan fingerprint density at radius 3 is 2.15 bits per heavy atom. The monoisotopic (exact) mass is 573 g/mol. The van der Waals surface area contributed by atoms with Crippen molar-refractivity contribution in [3.05, 3.63) is 79.9 Å². The van der Waals surface area contributed by atoms with Gasteiger partial charge >= 0.3 is 12.1 Å². The summed E-state index contributed by atoms with van der Waals surface area (Å²) in [5, 5.41) is 12.6. The molecule has 0 bridgehead atoms. The fourth-order valence-corrected chi connectivity index (χ4v) is 4.01. The predicted molar refractivity (Wildman–Crippen MR) is 122 cm³/mol. The highest BCUT2D eigenvalue weighted by molar-refractivity contribution is 9.10. The van der Waals surface area contributed by atoms with E-state index < -0.39 is 41.5 Å². The zero-order chi connectivity index (χ0) is 25.0. The minimum absolute atomic E-state index is 0.114. The van der Waals surface area contributed by atoms with Gasteiger partial charge in [0.2, 0.25) is 0 Å². The van der Waals surface area contributed by atoms with E-state index in [-0.39, 0.29) is 22.4 Å². The maximum absolute atomic E-state index is 13.8. The highest BCUT2D eigenvalue weighted by Crippen LogP contribution is 2.43. The zero-order valence-electron chi connectivity index (χ0n) is 16.9. The van der Waals surface area contributed by atoms with Crippen LogP contribution in [0.15, 0.2) is 53.0 Å². The van der Waals surface area contributed by atoms with Gasteiger partial charge in [-0.2, -0.15) is 18.4 Å². The Bertz CT molecular complexity index is 1270. The molecule has 2 aromatic carbocycles. The second-order valence-corrected chi connectivity index (χ2v) is 8.43. The van der Waals surface area contributed by atoms with Crippen LogP contribution in [0.2, 0.25) is 10.0 Å². The second-order valence-electron chi connectivity index (χ2n) is 6.77. The summed E-state index contributed by atoms with van der Waals surface area (Å²) < 4.78 is 46.7. The largest absolute Gasteiger partial charge is 0.443 e. The summed E-state index contributed by atoms with van der Waals surface area (Å²) in [6, 6.07) is 13.4. The Hall–Kier alpha value is -3.00. The highest BCUT2D eigenvalue weighted by Gasteiger charge is 2.41. The van der Waals surface area contributed by atoms with E-state index >= 15 is 0 Å². The van der Waals surface area contributed by atoms with Crippen molar-refractivity contribution in [3.63, 3.8) is 0 Å². The molecule has 0 aliphatic heterocycles. The molecular formula is C22H13BrCl2F3N3O3. The van der Waals surface area contributed by atoms with Gasteiger partial charge in [0.15, 0.2) is 6.73 Å². The number of aromatic nitrogens is 1. The number of carbonyl (C=O) groups is 2. The Morgan fingerprint density at radius 1 is 1.06 bits per heavy atom. The van der Waals surface area contributed by atoms with Crippen LogP contribution in [-0.4, -0.2) is 23.0 Å². The molecule has 6 nitrogen and oxygen atoms in total. The molecule has 12 heteroatoms. The molecule has 0 aliphatic rings. The Balaban J connectivity index is 1.84. The molecule has 1 heterocycles. The van der Waals surface area contributed by atoms with E-state index in [2.05, 4.69) is 21.2 Å². The molecule has 0 unspecified atom stereocenters. The van der Waals surface area contributed by atoms with Crippen molar-refractivity contribution in [3.8, 4) is 17.3 Å². The number of hydrogen-bond donors (Lipinski definition) is 1. The lowest BCUT2D eigenvalue weighted by atomic mass is 10.1. The average Bonchev–Trinajstić information content (AvgIpc) is 3.08. The first-order valence-electron chi connectivity index (χ1n) is 9.37. The third-order valence-corrected chi connectivity index (χ3v) is 5.83. The minimum atomic E-state index is -4.87. The minimum Gasteiger partial charge on any atom is -0.443 e. The summed E-state index contributed by atoms with van der Waals surface area (Å²) >= 11 is 14.5. The predicted octanol–water partition coefficient (Wildman–Crippen LogP) is 6.05. The van der Waals surface area contributed by atoms with Gasteiger partial charge in [-0.3, -0.25) is 9.59 Å². The van der Waals surface area contributed by atoms with Gasteiger partial charge < -0.3 is 14.6 Å². The number of hydrogen-bond acceptors (Lipinski definition) is 4. The van der Waals surface area contributed by atoms with Crippen LogP contribution < -0.4 is 5.32 Å². The van der Waals surface area contributed by atoms with E-state index in [1.807, 2.05) is 0 Å². The van der Waals surface area contributed by atoms with Gasteiger partial charge in [0.1, 0.15) is 18.3 Å². The maximum atomic E-state index is 13.8. The molecule has 3 aromatic rings. The number of esters is 1. The van der Waals surface area contributed by atoms with Crippen LogP contribution in [0.25, 0.3) is 11.3 Å². The van der Waals surface area contributed by atoms with E-state index in [1.54, 1.807) is 6.07 Å². The van der Waals surface area contributed by atoms with Crippen LogP contribution in [0.4, 0.5) is 13.2 Å². The molecule has 0 aliphatic carbocycles. The molecule has 1 amide bonds. The SMILES string of the molecule is N#Cc1c(Br)c(C(F)(F)F)n(COC(=O)CNC(=O)c2ccc(Cl)cc2)c1-c1ccc(Cl)cc1. The zero-order valence-corrected chi connectivity index (χ0v) is 20.0. The highest BCUT2D eigenvalue weighted by atomic mass is 79.9. The van der Waals surface area contributed by atoms with Crippen LogP contribution in [0.1, 0.15) is 21.6 Å². The van der Waals surface area contributed by atoms with E-state index in [0.717, 1.165) is 0 Å². The number of rotatable bonds is 6. The van der Waals surface area contributed by atoms with Gasteiger partial charge in [0, 0.05) is 15.6 Å². The first-order valence-corrected chi connectivity index (χ1v) is 10.9. The number of halogens is 6. The van der Waals surface area contributed by atoms with Crippen LogP contribution in [-0.2, 0) is 22.4 Å². The van der Waals surface area contributed by atoms with Crippen molar-refractivity contribution >= 4 is 51.0 Å². The van der Waals surface area contributed by atoms with Crippen LogP contribution in [0, 0.1) is 11.3 Å². The normalized spacial score (nSPS) is 11.1. The molecular weight excluding hydrogens is 562 g/mol. The summed E-state index contributed by atoms with van der Waals surface area (Å²) in [4.78, 5) is 24.3. The van der Waals surface area contributed by atoms with Gasteiger partial charge in [0.05, 0.1) is 15.7 Å². The fraction of sp³-hybridized carbons (Fsp3) is 0.136. The molecule has 1 aromatic heterocycles. The average molecular weight is 575 g/mol. The van der Waals surface area contributed by atoms with E-state index in [9.17, 15) is 28.0 Å². The second kappa shape index (κ2) is 10.5. The number of nitrogens with zero attached hydrogens (tertiary/aromatic N) is 2. The number of amides is 1. The number of carbonyl (C=O) groups excluding carboxylic acids is 2. The van der Waals surface area contributed by atoms with Crippen molar-refractivity contribution in [1.82, 2.24) is 9.88 Å². The summed E-state index contributed by atoms with van der Waals surface area (Å²) in [7, 11) is 0. The van der Waals surface area contributed by atoms with Crippen molar-refractivity contribution in [1.29, 1.82) is 5.26 Å². The Labute approximate surface area is 210 Å². The van der Waals surface area contributed by atoms with Crippen molar-refractivity contribution in [2.24, 2.45) is 0 Å². The topological polar surface area (TPSA) is 84.1 Å². The van der Waals surface area contributed by atoms with Crippen molar-refractivity contribution in [2.75, 3.05) is 6.54 Å².